The van der Waals surface area contributed by atoms with Crippen molar-refractivity contribution in [1.29, 1.82) is 0 Å². The average molecular weight is 969 g/mol. The Kier molecular flexibility index (Phi) is 18.6. The predicted octanol–water partition coefficient (Wildman–Crippen LogP) is 6.98. The summed E-state index contributed by atoms with van der Waals surface area (Å²) < 4.78 is 56.8. The molecule has 2 amide bonds. The van der Waals surface area contributed by atoms with Crippen LogP contribution in [-0.4, -0.2) is 110 Å². The zero-order chi connectivity index (χ0) is 50.9. The highest BCUT2D eigenvalue weighted by atomic mass is 19.3. The van der Waals surface area contributed by atoms with Crippen molar-refractivity contribution in [3.8, 4) is 46.2 Å². The van der Waals surface area contributed by atoms with Gasteiger partial charge in [-0.05, 0) is 61.4 Å². The number of anilines is 2. The molecule has 2 aliphatic heterocycles. The highest BCUT2D eigenvalue weighted by Crippen LogP contribution is 2.30. The lowest BCUT2D eigenvalue weighted by molar-refractivity contribution is -0.0494. The van der Waals surface area contributed by atoms with E-state index in [1.807, 2.05) is 27.7 Å². The van der Waals surface area contributed by atoms with E-state index in [9.17, 15) is 22.8 Å². The van der Waals surface area contributed by atoms with Crippen LogP contribution in [-0.2, 0) is 12.8 Å². The van der Waals surface area contributed by atoms with Crippen molar-refractivity contribution in [3.05, 3.63) is 142 Å². The molecule has 2 aromatic carbocycles. The van der Waals surface area contributed by atoms with E-state index in [1.54, 1.807) is 48.8 Å². The Morgan fingerprint density at radius 1 is 0.676 bits per heavy atom. The van der Waals surface area contributed by atoms with E-state index in [-0.39, 0.29) is 24.2 Å². The van der Waals surface area contributed by atoms with Gasteiger partial charge in [0.2, 0.25) is 0 Å². The second-order valence-electron chi connectivity index (χ2n) is 16.1. The molecule has 0 spiro atoms. The molecule has 2 aliphatic rings. The number of rotatable bonds is 9. The number of alkyl halides is 2. The molecule has 0 saturated carbocycles. The Bertz CT molecular complexity index is 2920. The molecular formula is C53H56F4N12O2. The van der Waals surface area contributed by atoms with Crippen LogP contribution < -0.4 is 22.1 Å². The molecule has 71 heavy (non-hydrogen) atoms. The second kappa shape index (κ2) is 25.2. The number of piperazine rings is 1. The molecule has 368 valence electrons. The number of pyridine rings is 2. The molecule has 6 aromatic rings. The molecule has 0 atom stereocenters. The van der Waals surface area contributed by atoms with Gasteiger partial charge < -0.3 is 27.0 Å². The summed E-state index contributed by atoms with van der Waals surface area (Å²) in [4.78, 5) is 54.2. The van der Waals surface area contributed by atoms with Gasteiger partial charge in [0.25, 0.3) is 17.7 Å². The van der Waals surface area contributed by atoms with Gasteiger partial charge in [0.1, 0.15) is 35.9 Å². The Balaban J connectivity index is 0.000000225. The number of hydrogen-bond donors (Lipinski definition) is 4. The number of nitrogens with zero attached hydrogens (tertiary/aromatic N) is 8. The van der Waals surface area contributed by atoms with Gasteiger partial charge in [-0.25, -0.2) is 47.5 Å². The van der Waals surface area contributed by atoms with Gasteiger partial charge in [-0.3, -0.25) is 14.5 Å². The van der Waals surface area contributed by atoms with Crippen molar-refractivity contribution < 1.29 is 27.2 Å². The molecule has 4 aromatic heterocycles. The molecule has 0 radical (unpaired) electrons. The molecule has 2 saturated heterocycles. The molecule has 14 nitrogen and oxygen atoms in total. The number of nitrogen functional groups attached to an aromatic ring is 2. The molecule has 0 unspecified atom stereocenters. The normalized spacial score (nSPS) is 13.9. The molecule has 0 bridgehead atoms. The number of nitrogens with one attached hydrogen (secondary N) is 2. The standard InChI is InChI=1S/C26H28FN7O.C25H22F3N5O.C2H6/c1-2-23-21(6-3-18-4-8-24(28)31-16-18)25(33-17-32-23)19-5-7-20(22(27)15-19)26(35)30-11-14-34-12-9-29-10-13-34;1-2-21-19(6-3-16-4-8-22(29)30-14-16)23(32-15-31-21)17-5-7-18(20(26)13-17)24(34)33-11-9-25(27,28)10-12-33;1-2/h4-5,7-8,15-17,29H,2,9-14H2,1H3,(H2,28,31)(H,30,35);4-5,7-8,13-15H,2,9-12H2,1H3,(H2,29,30);1-2H3. The summed E-state index contributed by atoms with van der Waals surface area (Å²) in [7, 11) is 0. The summed E-state index contributed by atoms with van der Waals surface area (Å²) in [5.74, 6) is 7.84. The summed E-state index contributed by atoms with van der Waals surface area (Å²) in [6.45, 7) is 12.6. The van der Waals surface area contributed by atoms with Crippen LogP contribution in [0.25, 0.3) is 22.5 Å². The number of aromatic nitrogens is 6. The number of hydrogen-bond acceptors (Lipinski definition) is 12. The zero-order valence-electron chi connectivity index (χ0n) is 40.1. The first-order chi connectivity index (χ1) is 34.3. The lowest BCUT2D eigenvalue weighted by Gasteiger charge is -2.31. The van der Waals surface area contributed by atoms with E-state index in [0.29, 0.717) is 81.5 Å². The molecular weight excluding hydrogens is 913 g/mol. The number of aryl methyl sites for hydroxylation is 2. The lowest BCUT2D eigenvalue weighted by atomic mass is 10.0. The predicted molar refractivity (Wildman–Crippen MR) is 266 cm³/mol. The monoisotopic (exact) mass is 968 g/mol. The SMILES string of the molecule is CC.CCc1ncnc(-c2ccc(C(=O)N3CCC(F)(F)CC3)c(F)c2)c1C#Cc1ccc(N)nc1.CCc1ncnc(-c2ccc(C(=O)NCCN3CCNCC3)c(F)c2)c1C#Cc1ccc(N)nc1. The van der Waals surface area contributed by atoms with E-state index < -0.39 is 42.2 Å². The number of carbonyl (C=O) groups is 2. The number of benzene rings is 2. The first-order valence-electron chi connectivity index (χ1n) is 23.5. The molecule has 18 heteroatoms. The quantitative estimate of drug-likeness (QED) is 0.0860. The summed E-state index contributed by atoms with van der Waals surface area (Å²) >= 11 is 0. The van der Waals surface area contributed by atoms with E-state index in [0.717, 1.165) is 38.4 Å². The summed E-state index contributed by atoms with van der Waals surface area (Å²) in [6.07, 6.45) is 6.33. The second-order valence-corrected chi connectivity index (χ2v) is 16.1. The third-order valence-electron chi connectivity index (χ3n) is 11.4. The molecule has 0 aliphatic carbocycles. The number of piperidine rings is 1. The van der Waals surface area contributed by atoms with Crippen LogP contribution >= 0.6 is 0 Å². The van der Waals surface area contributed by atoms with Crippen molar-refractivity contribution in [3.63, 3.8) is 0 Å². The number of halogens is 4. The van der Waals surface area contributed by atoms with E-state index in [1.165, 1.54) is 41.8 Å². The van der Waals surface area contributed by atoms with Crippen LogP contribution in [0.2, 0.25) is 0 Å². The van der Waals surface area contributed by atoms with Gasteiger partial charge in [-0.15, -0.1) is 0 Å². The maximum Gasteiger partial charge on any atom is 0.256 e. The Morgan fingerprint density at radius 2 is 1.17 bits per heavy atom. The Labute approximate surface area is 411 Å². The first kappa shape index (κ1) is 52.6. The summed E-state index contributed by atoms with van der Waals surface area (Å²) in [5.41, 5.74) is 16.9. The van der Waals surface area contributed by atoms with Crippen LogP contribution in [0.15, 0.2) is 85.7 Å². The van der Waals surface area contributed by atoms with Crippen LogP contribution in [0, 0.1) is 35.3 Å². The van der Waals surface area contributed by atoms with Crippen molar-refractivity contribution in [2.24, 2.45) is 0 Å². The van der Waals surface area contributed by atoms with E-state index >= 15 is 4.39 Å². The maximum absolute atomic E-state index is 15.0. The van der Waals surface area contributed by atoms with Gasteiger partial charge >= 0.3 is 0 Å². The van der Waals surface area contributed by atoms with Crippen molar-refractivity contribution in [1.82, 2.24) is 50.3 Å². The van der Waals surface area contributed by atoms with Crippen molar-refractivity contribution in [2.75, 3.05) is 63.8 Å². The van der Waals surface area contributed by atoms with Crippen LogP contribution in [0.5, 0.6) is 0 Å². The third-order valence-corrected chi connectivity index (χ3v) is 11.4. The van der Waals surface area contributed by atoms with Gasteiger partial charge in [0.05, 0.1) is 45.0 Å². The molecule has 6 heterocycles. The Morgan fingerprint density at radius 3 is 1.62 bits per heavy atom. The van der Waals surface area contributed by atoms with Crippen LogP contribution in [0.4, 0.5) is 29.2 Å². The smallest absolute Gasteiger partial charge is 0.256 e. The van der Waals surface area contributed by atoms with Crippen molar-refractivity contribution >= 4 is 23.5 Å². The highest BCUT2D eigenvalue weighted by Gasteiger charge is 2.36. The lowest BCUT2D eigenvalue weighted by Crippen LogP contribution is -2.46. The Hall–Kier alpha value is -7.80. The maximum atomic E-state index is 15.0. The fraction of sp³-hybridized carbons (Fsp3) is 0.321. The van der Waals surface area contributed by atoms with E-state index in [4.69, 9.17) is 11.5 Å². The number of amides is 2. The molecule has 2 fully saturated rings. The third kappa shape index (κ3) is 14.2. The average Bonchev–Trinajstić information content (AvgIpc) is 3.39. The summed E-state index contributed by atoms with van der Waals surface area (Å²) in [5, 5.41) is 6.11. The minimum atomic E-state index is -2.79. The van der Waals surface area contributed by atoms with E-state index in [2.05, 4.69) is 69.1 Å². The van der Waals surface area contributed by atoms with Gasteiger partial charge in [-0.1, -0.05) is 63.5 Å². The van der Waals surface area contributed by atoms with Crippen LogP contribution in [0.3, 0.4) is 0 Å². The fourth-order valence-corrected chi connectivity index (χ4v) is 7.56. The number of likely N-dealkylation sites (tertiary alicyclic amines) is 1. The minimum absolute atomic E-state index is 0.000542. The summed E-state index contributed by atoms with van der Waals surface area (Å²) in [6, 6.07) is 15.5. The fourth-order valence-electron chi connectivity index (χ4n) is 7.56. The number of carbonyl (C=O) groups excluding carboxylic acids is 2. The van der Waals surface area contributed by atoms with Gasteiger partial charge in [-0.2, -0.15) is 0 Å². The highest BCUT2D eigenvalue weighted by molar-refractivity contribution is 5.96. The van der Waals surface area contributed by atoms with Gasteiger partial charge in [0, 0.05) is 99.8 Å². The van der Waals surface area contributed by atoms with Crippen LogP contribution in [0.1, 0.15) is 94.9 Å². The van der Waals surface area contributed by atoms with Crippen molar-refractivity contribution in [2.45, 2.75) is 59.3 Å². The first-order valence-corrected chi connectivity index (χ1v) is 23.5. The van der Waals surface area contributed by atoms with Gasteiger partial charge in [0.15, 0.2) is 0 Å². The molecule has 6 N–H and O–H groups in total. The minimum Gasteiger partial charge on any atom is -0.384 e. The topological polar surface area (TPSA) is 194 Å². The number of nitrogens with two attached hydrogens (primary N) is 2. The largest absolute Gasteiger partial charge is 0.384 e. The zero-order valence-corrected chi connectivity index (χ0v) is 40.1. The molecule has 8 rings (SSSR count).